The molecule has 2 aromatic carbocycles. The molecule has 1 atom stereocenters. The van der Waals surface area contributed by atoms with Gasteiger partial charge in [-0.3, -0.25) is 24.6 Å². The summed E-state index contributed by atoms with van der Waals surface area (Å²) in [7, 11) is 0. The lowest BCUT2D eigenvalue weighted by molar-refractivity contribution is -0.138. The van der Waals surface area contributed by atoms with Crippen LogP contribution in [0.4, 0.5) is 18.3 Å². The number of aromatic nitrogens is 2. The lowest BCUT2D eigenvalue weighted by Gasteiger charge is -2.34. The van der Waals surface area contributed by atoms with Crippen molar-refractivity contribution in [3.63, 3.8) is 0 Å². The first kappa shape index (κ1) is 28.1. The summed E-state index contributed by atoms with van der Waals surface area (Å²) in [4.78, 5) is 42.5. The van der Waals surface area contributed by atoms with Crippen molar-refractivity contribution in [2.75, 3.05) is 31.1 Å². The molecule has 3 amide bonds. The molecule has 0 bridgehead atoms. The second-order valence-electron chi connectivity index (χ2n) is 10.4. The van der Waals surface area contributed by atoms with Crippen molar-refractivity contribution in [1.29, 1.82) is 0 Å². The minimum Gasteiger partial charge on any atom is -0.489 e. The van der Waals surface area contributed by atoms with Crippen molar-refractivity contribution in [2.24, 2.45) is 0 Å². The van der Waals surface area contributed by atoms with Crippen LogP contribution in [0, 0.1) is 0 Å². The number of piperidine rings is 1. The zero-order valence-electron chi connectivity index (χ0n) is 22.4. The number of piperazine rings is 1. The molecule has 0 saturated carbocycles. The zero-order valence-corrected chi connectivity index (χ0v) is 23.2. The second-order valence-corrected chi connectivity index (χ2v) is 11.4. The van der Waals surface area contributed by atoms with E-state index in [9.17, 15) is 27.6 Å². The van der Waals surface area contributed by atoms with Crippen molar-refractivity contribution in [3.05, 3.63) is 69.7 Å². The van der Waals surface area contributed by atoms with E-state index >= 15 is 0 Å². The number of nitrogens with one attached hydrogen (secondary N) is 1. The third-order valence-corrected chi connectivity index (χ3v) is 8.69. The molecule has 2 saturated heterocycles. The Morgan fingerprint density at radius 1 is 0.976 bits per heavy atom. The number of halogens is 3. The van der Waals surface area contributed by atoms with Crippen LogP contribution in [0.15, 0.2) is 42.5 Å². The highest BCUT2D eigenvalue weighted by Crippen LogP contribution is 2.35. The summed E-state index contributed by atoms with van der Waals surface area (Å²) in [5.74, 6) is -0.443. The van der Waals surface area contributed by atoms with Crippen LogP contribution in [0.5, 0.6) is 5.75 Å². The molecule has 1 aromatic heterocycles. The SMILES string of the molecule is O=C1CCC(N2Cc3c(OCc4ccc(CN5CCN(c6nnc(C(F)(F)F)s6)CC5)cc4)cccc3C2=O)C(=O)N1. The summed E-state index contributed by atoms with van der Waals surface area (Å²) in [6.45, 7) is 3.78. The van der Waals surface area contributed by atoms with Gasteiger partial charge in [-0.15, -0.1) is 10.2 Å². The number of imide groups is 1. The van der Waals surface area contributed by atoms with Gasteiger partial charge in [0.1, 0.15) is 18.4 Å². The zero-order chi connectivity index (χ0) is 29.4. The molecule has 14 heteroatoms. The van der Waals surface area contributed by atoms with E-state index in [0.717, 1.165) is 16.7 Å². The molecule has 42 heavy (non-hydrogen) atoms. The Kier molecular flexibility index (Phi) is 7.58. The molecular weight excluding hydrogens is 573 g/mol. The topological polar surface area (TPSA) is 108 Å². The van der Waals surface area contributed by atoms with Gasteiger partial charge in [0.25, 0.3) is 5.91 Å². The highest BCUT2D eigenvalue weighted by molar-refractivity contribution is 7.15. The lowest BCUT2D eigenvalue weighted by Crippen LogP contribution is -2.52. The summed E-state index contributed by atoms with van der Waals surface area (Å²) < 4.78 is 44.6. The predicted octanol–water partition coefficient (Wildman–Crippen LogP) is 3.22. The first-order chi connectivity index (χ1) is 20.2. The van der Waals surface area contributed by atoms with E-state index in [1.807, 2.05) is 29.2 Å². The molecule has 0 aliphatic carbocycles. The highest BCUT2D eigenvalue weighted by Gasteiger charge is 2.40. The van der Waals surface area contributed by atoms with E-state index in [1.54, 1.807) is 18.2 Å². The lowest BCUT2D eigenvalue weighted by atomic mass is 10.0. The van der Waals surface area contributed by atoms with Crippen LogP contribution in [-0.2, 0) is 35.5 Å². The van der Waals surface area contributed by atoms with Crippen LogP contribution in [0.3, 0.4) is 0 Å². The maximum atomic E-state index is 13.0. The fourth-order valence-corrected chi connectivity index (χ4v) is 6.17. The maximum absolute atomic E-state index is 13.0. The third-order valence-electron chi connectivity index (χ3n) is 7.66. The van der Waals surface area contributed by atoms with E-state index in [2.05, 4.69) is 20.4 Å². The molecule has 6 rings (SSSR count). The molecule has 2 fully saturated rings. The van der Waals surface area contributed by atoms with Gasteiger partial charge in [-0.25, -0.2) is 0 Å². The summed E-state index contributed by atoms with van der Waals surface area (Å²) in [6, 6.07) is 12.6. The number of amides is 3. The molecule has 1 N–H and O–H groups in total. The first-order valence-electron chi connectivity index (χ1n) is 13.5. The summed E-state index contributed by atoms with van der Waals surface area (Å²) >= 11 is 0.571. The van der Waals surface area contributed by atoms with Crippen LogP contribution in [0.25, 0.3) is 0 Å². The van der Waals surface area contributed by atoms with Crippen LogP contribution in [0.2, 0.25) is 0 Å². The summed E-state index contributed by atoms with van der Waals surface area (Å²) in [5, 5.41) is 8.67. The molecule has 3 aliphatic heterocycles. The average molecular weight is 601 g/mol. The average Bonchev–Trinajstić information content (AvgIpc) is 3.59. The van der Waals surface area contributed by atoms with Gasteiger partial charge in [-0.05, 0) is 29.7 Å². The van der Waals surface area contributed by atoms with Gasteiger partial charge in [-0.1, -0.05) is 41.7 Å². The van der Waals surface area contributed by atoms with E-state index in [4.69, 9.17) is 4.74 Å². The van der Waals surface area contributed by atoms with Crippen LogP contribution >= 0.6 is 11.3 Å². The molecule has 220 valence electrons. The Morgan fingerprint density at radius 2 is 1.71 bits per heavy atom. The second kappa shape index (κ2) is 11.3. The normalized spacial score (nSPS) is 19.7. The van der Waals surface area contributed by atoms with Gasteiger partial charge in [0.2, 0.25) is 22.0 Å². The molecular formula is C28H27F3N6O4S. The van der Waals surface area contributed by atoms with Gasteiger partial charge < -0.3 is 14.5 Å². The van der Waals surface area contributed by atoms with Crippen molar-refractivity contribution in [3.8, 4) is 5.75 Å². The van der Waals surface area contributed by atoms with E-state index < -0.39 is 23.1 Å². The molecule has 4 heterocycles. The Bertz CT molecular complexity index is 1500. The molecule has 0 radical (unpaired) electrons. The Labute approximate surface area is 243 Å². The van der Waals surface area contributed by atoms with E-state index in [0.29, 0.717) is 73.5 Å². The predicted molar refractivity (Wildman–Crippen MR) is 146 cm³/mol. The molecule has 3 aliphatic rings. The van der Waals surface area contributed by atoms with Crippen LogP contribution < -0.4 is 15.0 Å². The van der Waals surface area contributed by atoms with Crippen LogP contribution in [-0.4, -0.2) is 69.9 Å². The quantitative estimate of drug-likeness (QED) is 0.412. The number of carbonyl (C=O) groups is 3. The van der Waals surface area contributed by atoms with Crippen molar-refractivity contribution >= 4 is 34.2 Å². The van der Waals surface area contributed by atoms with Gasteiger partial charge in [0.15, 0.2) is 0 Å². The Morgan fingerprint density at radius 3 is 2.40 bits per heavy atom. The number of benzene rings is 2. The molecule has 1 unspecified atom stereocenters. The number of rotatable bonds is 7. The van der Waals surface area contributed by atoms with Crippen LogP contribution in [0.1, 0.15) is 44.9 Å². The smallest absolute Gasteiger partial charge is 0.445 e. The van der Waals surface area contributed by atoms with Crippen molar-refractivity contribution < 1.29 is 32.3 Å². The monoisotopic (exact) mass is 600 g/mol. The molecule has 10 nitrogen and oxygen atoms in total. The number of fused-ring (bicyclic) bond motifs is 1. The van der Waals surface area contributed by atoms with Gasteiger partial charge in [0.05, 0.1) is 6.54 Å². The number of ether oxygens (including phenoxy) is 1. The largest absolute Gasteiger partial charge is 0.489 e. The summed E-state index contributed by atoms with van der Waals surface area (Å²) in [6.07, 6.45) is -3.98. The van der Waals surface area contributed by atoms with Crippen molar-refractivity contribution in [1.82, 2.24) is 25.3 Å². The van der Waals surface area contributed by atoms with E-state index in [-0.39, 0.29) is 24.8 Å². The third kappa shape index (κ3) is 5.81. The van der Waals surface area contributed by atoms with Gasteiger partial charge >= 0.3 is 6.18 Å². The summed E-state index contributed by atoms with van der Waals surface area (Å²) in [5.41, 5.74) is 3.28. The molecule has 3 aromatic rings. The Hall–Kier alpha value is -4.04. The number of nitrogens with zero attached hydrogens (tertiary/aromatic N) is 5. The van der Waals surface area contributed by atoms with Gasteiger partial charge in [-0.2, -0.15) is 13.2 Å². The number of hydrogen-bond donors (Lipinski definition) is 1. The first-order valence-corrected chi connectivity index (χ1v) is 14.3. The highest BCUT2D eigenvalue weighted by atomic mass is 32.1. The number of alkyl halides is 3. The number of anilines is 1. The minimum absolute atomic E-state index is 0.197. The van der Waals surface area contributed by atoms with Crippen molar-refractivity contribution in [2.45, 2.75) is 44.8 Å². The number of carbonyl (C=O) groups excluding carboxylic acids is 3. The minimum atomic E-state index is -4.48. The number of hydrogen-bond acceptors (Lipinski definition) is 9. The standard InChI is InChI=1S/C28H27F3N6O4S/c29-28(30,31)26-33-34-27(42-26)36-12-10-35(11-13-36)14-17-4-6-18(7-5-17)16-41-22-3-1-2-19-20(22)15-37(25(19)40)21-8-9-23(38)32-24(21)39/h1-7,21H,8-16H2,(H,32,38,39). The molecule has 0 spiro atoms. The van der Waals surface area contributed by atoms with Gasteiger partial charge in [0, 0.05) is 50.3 Å². The van der Waals surface area contributed by atoms with E-state index in [1.165, 1.54) is 4.90 Å². The Balaban J connectivity index is 1.01. The maximum Gasteiger partial charge on any atom is 0.445 e. The fourth-order valence-electron chi connectivity index (χ4n) is 5.41. The fraction of sp³-hybridized carbons (Fsp3) is 0.393.